The predicted molar refractivity (Wildman–Crippen MR) is 117 cm³/mol. The quantitative estimate of drug-likeness (QED) is 0.526. The van der Waals surface area contributed by atoms with E-state index in [4.69, 9.17) is 9.47 Å². The third kappa shape index (κ3) is 4.97. The Balaban J connectivity index is 1.67. The van der Waals surface area contributed by atoms with Gasteiger partial charge in [-0.3, -0.25) is 14.4 Å². The number of carbonyl (C=O) groups excluding carboxylic acids is 3. The summed E-state index contributed by atoms with van der Waals surface area (Å²) in [5.74, 6) is -1.10. The molecule has 3 amide bonds. The molecular weight excluding hydrogens is 414 g/mol. The number of anilines is 1. The highest BCUT2D eigenvalue weighted by Crippen LogP contribution is 2.29. The molecule has 0 radical (unpaired) electrons. The van der Waals surface area contributed by atoms with Crippen LogP contribution >= 0.6 is 0 Å². The molecule has 1 atom stereocenters. The molecule has 32 heavy (non-hydrogen) atoms. The summed E-state index contributed by atoms with van der Waals surface area (Å²) in [6, 6.07) is 11.1. The number of nitrogens with one attached hydrogen (secondary N) is 1. The van der Waals surface area contributed by atoms with Crippen molar-refractivity contribution < 1.29 is 23.9 Å². The van der Waals surface area contributed by atoms with E-state index in [0.29, 0.717) is 33.6 Å². The van der Waals surface area contributed by atoms with E-state index in [1.54, 1.807) is 43.3 Å². The molecule has 2 aromatic rings. The zero-order valence-electron chi connectivity index (χ0n) is 18.2. The molecule has 1 aliphatic rings. The average Bonchev–Trinajstić information content (AvgIpc) is 3.06. The number of benzene rings is 2. The maximum absolute atomic E-state index is 12.7. The highest BCUT2D eigenvalue weighted by atomic mass is 16.5. The molecule has 0 aliphatic carbocycles. The molecule has 1 N–H and O–H groups in total. The second-order valence-electron chi connectivity index (χ2n) is 7.00. The van der Waals surface area contributed by atoms with Crippen LogP contribution in [0.1, 0.15) is 18.9 Å². The van der Waals surface area contributed by atoms with Crippen molar-refractivity contribution in [1.82, 2.24) is 5.01 Å². The zero-order chi connectivity index (χ0) is 23.3. The van der Waals surface area contributed by atoms with Crippen LogP contribution in [-0.2, 0) is 14.4 Å². The SMILES string of the molecule is COc1ccc(C)cc1N=NC1C(=O)N(C(=O)CC(=O)Nc2ccccc2OC)N=C1C. The molecule has 1 aliphatic heterocycles. The van der Waals surface area contributed by atoms with Crippen molar-refractivity contribution in [2.45, 2.75) is 26.3 Å². The topological polar surface area (TPSA) is 122 Å². The molecule has 0 saturated carbocycles. The number of ether oxygens (including phenoxy) is 2. The Morgan fingerprint density at radius 1 is 1.09 bits per heavy atom. The second kappa shape index (κ2) is 9.82. The van der Waals surface area contributed by atoms with Gasteiger partial charge in [0.1, 0.15) is 23.6 Å². The van der Waals surface area contributed by atoms with Crippen molar-refractivity contribution in [2.24, 2.45) is 15.3 Å². The van der Waals surface area contributed by atoms with E-state index < -0.39 is 30.2 Å². The summed E-state index contributed by atoms with van der Waals surface area (Å²) >= 11 is 0. The molecule has 0 saturated heterocycles. The Hall–Kier alpha value is -4.08. The van der Waals surface area contributed by atoms with Crippen LogP contribution in [-0.4, -0.2) is 48.7 Å². The van der Waals surface area contributed by atoms with E-state index in [-0.39, 0.29) is 0 Å². The number of hydrazone groups is 1. The molecule has 0 spiro atoms. The van der Waals surface area contributed by atoms with Gasteiger partial charge >= 0.3 is 0 Å². The van der Waals surface area contributed by atoms with Crippen molar-refractivity contribution in [3.63, 3.8) is 0 Å². The van der Waals surface area contributed by atoms with Crippen LogP contribution in [0.5, 0.6) is 11.5 Å². The van der Waals surface area contributed by atoms with Gasteiger partial charge in [-0.05, 0) is 43.7 Å². The standard InChI is InChI=1S/C22H23N5O5/c1-13-9-10-18(32-4)16(11-13)24-25-21-14(2)26-27(22(21)30)20(29)12-19(28)23-15-7-5-6-8-17(15)31-3/h5-11,21H,12H2,1-4H3,(H,23,28). The Morgan fingerprint density at radius 3 is 2.53 bits per heavy atom. The molecule has 1 unspecified atom stereocenters. The number of hydrogen-bond acceptors (Lipinski definition) is 8. The summed E-state index contributed by atoms with van der Waals surface area (Å²) in [4.78, 5) is 37.5. The van der Waals surface area contributed by atoms with Crippen LogP contribution in [0.2, 0.25) is 0 Å². The van der Waals surface area contributed by atoms with Crippen molar-refractivity contribution in [3.05, 3.63) is 48.0 Å². The lowest BCUT2D eigenvalue weighted by Crippen LogP contribution is -2.36. The second-order valence-corrected chi connectivity index (χ2v) is 7.00. The Kier molecular flexibility index (Phi) is 6.93. The van der Waals surface area contributed by atoms with Gasteiger partial charge in [0.05, 0.1) is 25.6 Å². The molecule has 2 aromatic carbocycles. The fourth-order valence-electron chi connectivity index (χ4n) is 3.02. The Bertz CT molecular complexity index is 1110. The van der Waals surface area contributed by atoms with Gasteiger partial charge in [-0.15, -0.1) is 0 Å². The van der Waals surface area contributed by atoms with Gasteiger partial charge in [0.15, 0.2) is 6.04 Å². The number of rotatable bonds is 7. The van der Waals surface area contributed by atoms with E-state index in [2.05, 4.69) is 20.6 Å². The summed E-state index contributed by atoms with van der Waals surface area (Å²) in [5, 5.41) is 15.4. The fraction of sp³-hybridized carbons (Fsp3) is 0.273. The van der Waals surface area contributed by atoms with E-state index in [1.165, 1.54) is 14.2 Å². The highest BCUT2D eigenvalue weighted by molar-refractivity contribution is 6.18. The van der Waals surface area contributed by atoms with Gasteiger partial charge in [-0.2, -0.15) is 20.3 Å². The molecule has 1 heterocycles. The number of imide groups is 1. The van der Waals surface area contributed by atoms with Gasteiger partial charge in [-0.1, -0.05) is 18.2 Å². The van der Waals surface area contributed by atoms with Gasteiger partial charge in [0.2, 0.25) is 5.91 Å². The summed E-state index contributed by atoms with van der Waals surface area (Å²) in [6.45, 7) is 3.46. The first-order valence-corrected chi connectivity index (χ1v) is 9.74. The first kappa shape index (κ1) is 22.6. The molecule has 0 fully saturated rings. The van der Waals surface area contributed by atoms with E-state index in [9.17, 15) is 14.4 Å². The lowest BCUT2D eigenvalue weighted by molar-refractivity contribution is -0.144. The maximum atomic E-state index is 12.7. The predicted octanol–water partition coefficient (Wildman–Crippen LogP) is 3.24. The van der Waals surface area contributed by atoms with Crippen LogP contribution in [0.25, 0.3) is 0 Å². The van der Waals surface area contributed by atoms with Crippen LogP contribution < -0.4 is 14.8 Å². The normalized spacial score (nSPS) is 15.6. The average molecular weight is 437 g/mol. The van der Waals surface area contributed by atoms with Crippen LogP contribution in [0, 0.1) is 6.92 Å². The van der Waals surface area contributed by atoms with E-state index in [1.807, 2.05) is 13.0 Å². The lowest BCUT2D eigenvalue weighted by Gasteiger charge is -2.12. The molecule has 0 bridgehead atoms. The van der Waals surface area contributed by atoms with Crippen molar-refractivity contribution in [2.75, 3.05) is 19.5 Å². The molecule has 10 nitrogen and oxygen atoms in total. The number of aryl methyl sites for hydroxylation is 1. The first-order valence-electron chi connectivity index (χ1n) is 9.74. The summed E-state index contributed by atoms with van der Waals surface area (Å²) in [7, 11) is 2.98. The lowest BCUT2D eigenvalue weighted by atomic mass is 10.2. The molecule has 166 valence electrons. The third-order valence-corrected chi connectivity index (χ3v) is 4.64. The first-order chi connectivity index (χ1) is 15.3. The van der Waals surface area contributed by atoms with Crippen molar-refractivity contribution in [1.29, 1.82) is 0 Å². The molecule has 0 aromatic heterocycles. The molecule has 10 heteroatoms. The van der Waals surface area contributed by atoms with Crippen molar-refractivity contribution in [3.8, 4) is 11.5 Å². The zero-order valence-corrected chi connectivity index (χ0v) is 18.2. The minimum Gasteiger partial charge on any atom is -0.495 e. The minimum atomic E-state index is -1.05. The van der Waals surface area contributed by atoms with Crippen LogP contribution in [0.4, 0.5) is 11.4 Å². The van der Waals surface area contributed by atoms with Gasteiger partial charge in [0, 0.05) is 0 Å². The summed E-state index contributed by atoms with van der Waals surface area (Å²) in [5.41, 5.74) is 2.11. The molecule has 3 rings (SSSR count). The largest absolute Gasteiger partial charge is 0.495 e. The maximum Gasteiger partial charge on any atom is 0.282 e. The molecular formula is C22H23N5O5. The van der Waals surface area contributed by atoms with E-state index >= 15 is 0 Å². The van der Waals surface area contributed by atoms with Gasteiger partial charge in [-0.25, -0.2) is 0 Å². The van der Waals surface area contributed by atoms with E-state index in [0.717, 1.165) is 5.56 Å². The minimum absolute atomic E-state index is 0.295. The van der Waals surface area contributed by atoms with Crippen molar-refractivity contribution >= 4 is 34.8 Å². The number of nitrogens with zero attached hydrogens (tertiary/aromatic N) is 4. The summed E-state index contributed by atoms with van der Waals surface area (Å²) < 4.78 is 10.4. The van der Waals surface area contributed by atoms with Gasteiger partial charge < -0.3 is 14.8 Å². The number of amides is 3. The number of azo groups is 1. The Morgan fingerprint density at radius 2 is 1.81 bits per heavy atom. The number of hydrogen-bond donors (Lipinski definition) is 1. The fourth-order valence-corrected chi connectivity index (χ4v) is 3.02. The number of carbonyl (C=O) groups is 3. The Labute approximate surface area is 184 Å². The smallest absolute Gasteiger partial charge is 0.282 e. The van der Waals surface area contributed by atoms with Crippen LogP contribution in [0.3, 0.4) is 0 Å². The number of para-hydroxylation sites is 2. The monoisotopic (exact) mass is 437 g/mol. The van der Waals surface area contributed by atoms with Crippen LogP contribution in [0.15, 0.2) is 57.8 Å². The summed E-state index contributed by atoms with van der Waals surface area (Å²) in [6.07, 6.45) is -0.573. The van der Waals surface area contributed by atoms with Gasteiger partial charge in [0.25, 0.3) is 11.8 Å². The number of methoxy groups -OCH3 is 2. The highest BCUT2D eigenvalue weighted by Gasteiger charge is 2.38. The third-order valence-electron chi connectivity index (χ3n) is 4.64.